The van der Waals surface area contributed by atoms with Gasteiger partial charge in [-0.05, 0) is 74.7 Å². The zero-order valence-electron chi connectivity index (χ0n) is 18.6. The molecule has 0 spiro atoms. The Hall–Kier alpha value is -0.940. The van der Waals surface area contributed by atoms with Gasteiger partial charge >= 0.3 is 0 Å². The van der Waals surface area contributed by atoms with E-state index in [1.54, 1.807) is 7.11 Å². The summed E-state index contributed by atoms with van der Waals surface area (Å²) in [5.74, 6) is 2.48. The van der Waals surface area contributed by atoms with Crippen molar-refractivity contribution in [3.05, 3.63) is 0 Å². The molecule has 6 heteroatoms. The van der Waals surface area contributed by atoms with Crippen LogP contribution in [0.4, 0.5) is 0 Å². The van der Waals surface area contributed by atoms with E-state index in [-0.39, 0.29) is 41.0 Å². The number of nitrogens with zero attached hydrogens (tertiary/aromatic N) is 1. The second-order valence-corrected chi connectivity index (χ2v) is 11.0. The van der Waals surface area contributed by atoms with Gasteiger partial charge in [0.1, 0.15) is 18.7 Å². The molecular weight excluding hydrogens is 400 g/mol. The maximum absolute atomic E-state index is 13.5. The molecule has 1 aliphatic heterocycles. The third kappa shape index (κ3) is 3.09. The number of oxime groups is 1. The van der Waals surface area contributed by atoms with E-state index in [0.29, 0.717) is 42.3 Å². The number of halogens is 1. The van der Waals surface area contributed by atoms with E-state index >= 15 is 0 Å². The predicted octanol–water partition coefficient (Wildman–Crippen LogP) is 4.18. The SMILES string of the molecule is CON=C1CC(=O)[C@@]2(C)CC[C@H]3[C@@H](CC(=O)[C@H]4CC([C@@H]5CCCN5)CC[C@@]43C)[C@H]12.Cl. The van der Waals surface area contributed by atoms with E-state index in [9.17, 15) is 9.59 Å². The Morgan fingerprint density at radius 3 is 2.63 bits per heavy atom. The Morgan fingerprint density at radius 2 is 1.93 bits per heavy atom. The summed E-state index contributed by atoms with van der Waals surface area (Å²) in [6, 6.07) is 0.618. The molecule has 0 aromatic rings. The number of nitrogens with one attached hydrogen (secondary N) is 1. The van der Waals surface area contributed by atoms with E-state index in [2.05, 4.69) is 24.3 Å². The molecule has 0 aromatic heterocycles. The molecule has 1 saturated heterocycles. The van der Waals surface area contributed by atoms with Crippen LogP contribution in [0.25, 0.3) is 0 Å². The number of hydrogen-bond acceptors (Lipinski definition) is 5. The number of rotatable bonds is 2. The van der Waals surface area contributed by atoms with Crippen LogP contribution in [0.15, 0.2) is 5.16 Å². The first kappa shape index (κ1) is 22.3. The van der Waals surface area contributed by atoms with Crippen molar-refractivity contribution in [1.29, 1.82) is 0 Å². The Morgan fingerprint density at radius 1 is 1.13 bits per heavy atom. The van der Waals surface area contributed by atoms with Crippen molar-refractivity contribution in [1.82, 2.24) is 5.32 Å². The summed E-state index contributed by atoms with van der Waals surface area (Å²) >= 11 is 0. The summed E-state index contributed by atoms with van der Waals surface area (Å²) in [6.07, 6.45) is 9.05. The third-order valence-electron chi connectivity index (χ3n) is 9.88. The second kappa shape index (κ2) is 7.88. The van der Waals surface area contributed by atoms with Gasteiger partial charge in [0.05, 0.1) is 5.71 Å². The van der Waals surface area contributed by atoms with Crippen LogP contribution >= 0.6 is 12.4 Å². The lowest BCUT2D eigenvalue weighted by Gasteiger charge is -2.59. The third-order valence-corrected chi connectivity index (χ3v) is 9.88. The smallest absolute Gasteiger partial charge is 0.145 e. The summed E-state index contributed by atoms with van der Waals surface area (Å²) in [7, 11) is 1.56. The highest BCUT2D eigenvalue weighted by Gasteiger charge is 2.64. The fraction of sp³-hybridized carbons (Fsp3) is 0.875. The fourth-order valence-electron chi connectivity index (χ4n) is 8.38. The lowest BCUT2D eigenvalue weighted by Crippen LogP contribution is -2.58. The monoisotopic (exact) mass is 436 g/mol. The highest BCUT2D eigenvalue weighted by atomic mass is 35.5. The minimum atomic E-state index is -0.354. The molecule has 1 heterocycles. The molecule has 4 aliphatic carbocycles. The zero-order chi connectivity index (χ0) is 20.4. The van der Waals surface area contributed by atoms with Gasteiger partial charge in [-0.25, -0.2) is 0 Å². The Labute approximate surface area is 186 Å². The summed E-state index contributed by atoms with van der Waals surface area (Å²) in [4.78, 5) is 31.5. The molecule has 30 heavy (non-hydrogen) atoms. The molecule has 0 aromatic carbocycles. The fourth-order valence-corrected chi connectivity index (χ4v) is 8.38. The summed E-state index contributed by atoms with van der Waals surface area (Å²) in [5.41, 5.74) is 0.626. The van der Waals surface area contributed by atoms with E-state index in [0.717, 1.165) is 37.9 Å². The normalized spacial score (nSPS) is 49.2. The summed E-state index contributed by atoms with van der Waals surface area (Å²) < 4.78 is 0. The van der Waals surface area contributed by atoms with Crippen molar-refractivity contribution >= 4 is 29.7 Å². The van der Waals surface area contributed by atoms with Crippen molar-refractivity contribution in [3.63, 3.8) is 0 Å². The van der Waals surface area contributed by atoms with Crippen LogP contribution in [0.2, 0.25) is 0 Å². The lowest BCUT2D eigenvalue weighted by molar-refractivity contribution is -0.155. The van der Waals surface area contributed by atoms with E-state index in [1.807, 2.05) is 0 Å². The van der Waals surface area contributed by atoms with Crippen molar-refractivity contribution in [2.24, 2.45) is 45.6 Å². The van der Waals surface area contributed by atoms with Crippen molar-refractivity contribution in [2.75, 3.05) is 13.7 Å². The predicted molar refractivity (Wildman–Crippen MR) is 119 cm³/mol. The molecule has 0 radical (unpaired) electrons. The van der Waals surface area contributed by atoms with E-state index in [1.165, 1.54) is 19.3 Å². The van der Waals surface area contributed by atoms with Crippen molar-refractivity contribution in [2.45, 2.75) is 77.7 Å². The summed E-state index contributed by atoms with van der Waals surface area (Å²) in [6.45, 7) is 5.66. The number of Topliss-reactive ketones (excluding diaryl/α,β-unsaturated/α-hetero) is 2. The van der Waals surface area contributed by atoms with Gasteiger partial charge in [-0.3, -0.25) is 9.59 Å². The largest absolute Gasteiger partial charge is 0.399 e. The van der Waals surface area contributed by atoms with Gasteiger partial charge in [0.25, 0.3) is 0 Å². The van der Waals surface area contributed by atoms with Crippen LogP contribution in [-0.2, 0) is 14.4 Å². The Kier molecular flexibility index (Phi) is 5.85. The maximum atomic E-state index is 13.5. The van der Waals surface area contributed by atoms with Crippen LogP contribution in [0.3, 0.4) is 0 Å². The molecule has 1 N–H and O–H groups in total. The van der Waals surface area contributed by atoms with Gasteiger partial charge in [0.15, 0.2) is 0 Å². The van der Waals surface area contributed by atoms with E-state index < -0.39 is 0 Å². The topological polar surface area (TPSA) is 67.8 Å². The van der Waals surface area contributed by atoms with Gasteiger partial charge in [-0.2, -0.15) is 0 Å². The minimum absolute atomic E-state index is 0. The minimum Gasteiger partial charge on any atom is -0.399 e. The van der Waals surface area contributed by atoms with Gasteiger partial charge in [0.2, 0.25) is 0 Å². The van der Waals surface area contributed by atoms with E-state index in [4.69, 9.17) is 4.84 Å². The average molecular weight is 437 g/mol. The molecule has 0 amide bonds. The standard InChI is InChI=1S/C24H36N2O3.ClH/c1-23-8-6-14(18-5-4-10-25-18)11-17(23)20(27)12-15-16(23)7-9-24(2)21(28)13-19(22(15)24)26-29-3;/h14-18,22,25H,4-13H2,1-3H3;1H/t14?,15-,16+,17-,18+,22-,23-,24-;/m1./s1. The molecule has 5 rings (SSSR count). The first-order valence-electron chi connectivity index (χ1n) is 11.8. The van der Waals surface area contributed by atoms with Gasteiger partial charge < -0.3 is 10.2 Å². The first-order valence-corrected chi connectivity index (χ1v) is 11.8. The van der Waals surface area contributed by atoms with Crippen LogP contribution in [0.5, 0.6) is 0 Å². The second-order valence-electron chi connectivity index (χ2n) is 11.0. The maximum Gasteiger partial charge on any atom is 0.145 e. The quantitative estimate of drug-likeness (QED) is 0.659. The average Bonchev–Trinajstić information content (AvgIpc) is 3.29. The van der Waals surface area contributed by atoms with Crippen LogP contribution in [0.1, 0.15) is 71.6 Å². The highest BCUT2D eigenvalue weighted by Crippen LogP contribution is 2.64. The lowest BCUT2D eigenvalue weighted by atomic mass is 9.44. The molecular formula is C24H37ClN2O3. The summed E-state index contributed by atoms with van der Waals surface area (Å²) in [5, 5.41) is 7.97. The zero-order valence-corrected chi connectivity index (χ0v) is 19.4. The molecule has 0 bridgehead atoms. The van der Waals surface area contributed by atoms with Crippen LogP contribution < -0.4 is 5.32 Å². The molecule has 4 saturated carbocycles. The van der Waals surface area contributed by atoms with Crippen LogP contribution in [-0.4, -0.2) is 37.0 Å². The van der Waals surface area contributed by atoms with Crippen molar-refractivity contribution in [3.8, 4) is 0 Å². The van der Waals surface area contributed by atoms with Crippen LogP contribution in [0, 0.1) is 40.4 Å². The number of fused-ring (bicyclic) bond motifs is 5. The first-order chi connectivity index (χ1) is 13.9. The molecule has 5 fully saturated rings. The van der Waals surface area contributed by atoms with Gasteiger partial charge in [0, 0.05) is 36.1 Å². The molecule has 5 aliphatic rings. The highest BCUT2D eigenvalue weighted by molar-refractivity contribution is 6.13. The molecule has 1 unspecified atom stereocenters. The van der Waals surface area contributed by atoms with Gasteiger partial charge in [-0.1, -0.05) is 19.0 Å². The number of carbonyl (C=O) groups is 2. The Bertz CT molecular complexity index is 749. The number of carbonyl (C=O) groups excluding carboxylic acids is 2. The molecule has 5 nitrogen and oxygen atoms in total. The number of hydrogen-bond donors (Lipinski definition) is 1. The van der Waals surface area contributed by atoms with Crippen molar-refractivity contribution < 1.29 is 14.4 Å². The Balaban J connectivity index is 0.00000218. The molecule has 168 valence electrons. The number of ketones is 2. The molecule has 8 atom stereocenters. The van der Waals surface area contributed by atoms with Gasteiger partial charge in [-0.15, -0.1) is 12.4 Å².